The number of carbonyl (C=O) groups is 1. The summed E-state index contributed by atoms with van der Waals surface area (Å²) in [6.45, 7) is -2.52. The highest BCUT2D eigenvalue weighted by atomic mass is 35.5. The summed E-state index contributed by atoms with van der Waals surface area (Å²) >= 11 is 7.23. The molecule has 1 aromatic carbocycles. The Morgan fingerprint density at radius 1 is 1.38 bits per heavy atom. The summed E-state index contributed by atoms with van der Waals surface area (Å²) in [6, 6.07) is 9.33. The number of rotatable bonds is 5. The van der Waals surface area contributed by atoms with Crippen molar-refractivity contribution in [3.63, 3.8) is 0 Å². The number of halogens is 3. The minimum Gasteiger partial charge on any atom is -0.435 e. The van der Waals surface area contributed by atoms with Gasteiger partial charge in [0.2, 0.25) is 0 Å². The second-order valence-corrected chi connectivity index (χ2v) is 6.07. The Morgan fingerprint density at radius 3 is 2.76 bits per heavy atom. The number of benzene rings is 1. The molecule has 0 saturated carbocycles. The van der Waals surface area contributed by atoms with Gasteiger partial charge in [0.05, 0.1) is 10.9 Å². The third-order valence-corrected chi connectivity index (χ3v) is 3.89. The molecule has 1 aromatic heterocycles. The van der Waals surface area contributed by atoms with E-state index in [9.17, 15) is 13.6 Å². The number of nitrogens with zero attached hydrogens (tertiary/aromatic N) is 1. The molecular weight excluding hydrogens is 320 g/mol. The van der Waals surface area contributed by atoms with Crippen molar-refractivity contribution in [1.82, 2.24) is 4.90 Å². The van der Waals surface area contributed by atoms with E-state index in [-0.39, 0.29) is 11.7 Å². The maximum absolute atomic E-state index is 12.2. The van der Waals surface area contributed by atoms with Crippen LogP contribution in [0.2, 0.25) is 4.34 Å². The third kappa shape index (κ3) is 4.41. The molecule has 3 nitrogen and oxygen atoms in total. The smallest absolute Gasteiger partial charge is 0.387 e. The summed E-state index contributed by atoms with van der Waals surface area (Å²) in [6.07, 6.45) is 0. The Hall–Kier alpha value is -1.66. The summed E-state index contributed by atoms with van der Waals surface area (Å²) < 4.78 is 29.3. The van der Waals surface area contributed by atoms with Crippen LogP contribution in [0.3, 0.4) is 0 Å². The van der Waals surface area contributed by atoms with E-state index in [1.54, 1.807) is 19.2 Å². The lowest BCUT2D eigenvalue weighted by Gasteiger charge is -2.16. The fraction of sp³-hybridized carbons (Fsp3) is 0.214. The van der Waals surface area contributed by atoms with Crippen LogP contribution in [0.15, 0.2) is 36.4 Å². The predicted octanol–water partition coefficient (Wildman–Crippen LogP) is 4.28. The molecule has 0 unspecified atom stereocenters. The second kappa shape index (κ2) is 6.87. The van der Waals surface area contributed by atoms with Gasteiger partial charge in [-0.05, 0) is 30.3 Å². The van der Waals surface area contributed by atoms with E-state index in [0.29, 0.717) is 16.4 Å². The Kier molecular flexibility index (Phi) is 5.14. The van der Waals surface area contributed by atoms with E-state index in [1.807, 2.05) is 6.07 Å². The van der Waals surface area contributed by atoms with E-state index in [1.165, 1.54) is 34.4 Å². The minimum atomic E-state index is -2.92. The Bertz CT molecular complexity index is 633. The van der Waals surface area contributed by atoms with E-state index >= 15 is 0 Å². The fourth-order valence-corrected chi connectivity index (χ4v) is 2.91. The lowest BCUT2D eigenvalue weighted by atomic mass is 10.2. The van der Waals surface area contributed by atoms with Crippen molar-refractivity contribution in [2.75, 3.05) is 7.05 Å². The molecule has 0 atom stereocenters. The highest BCUT2D eigenvalue weighted by Crippen LogP contribution is 2.23. The van der Waals surface area contributed by atoms with Crippen LogP contribution in [-0.4, -0.2) is 24.5 Å². The minimum absolute atomic E-state index is 0.0385. The van der Waals surface area contributed by atoms with Gasteiger partial charge >= 0.3 is 6.61 Å². The molecule has 1 amide bonds. The van der Waals surface area contributed by atoms with Gasteiger partial charge in [-0.25, -0.2) is 0 Å². The normalized spacial score (nSPS) is 10.7. The quantitative estimate of drug-likeness (QED) is 0.818. The van der Waals surface area contributed by atoms with E-state index in [0.717, 1.165) is 4.88 Å². The molecule has 0 fully saturated rings. The van der Waals surface area contributed by atoms with Crippen molar-refractivity contribution in [2.45, 2.75) is 13.2 Å². The van der Waals surface area contributed by atoms with E-state index in [2.05, 4.69) is 4.74 Å². The third-order valence-electron chi connectivity index (χ3n) is 2.67. The first-order valence-corrected chi connectivity index (χ1v) is 7.19. The highest BCUT2D eigenvalue weighted by Gasteiger charge is 2.14. The van der Waals surface area contributed by atoms with E-state index in [4.69, 9.17) is 11.6 Å². The van der Waals surface area contributed by atoms with Crippen molar-refractivity contribution < 1.29 is 18.3 Å². The molecule has 112 valence electrons. The number of amides is 1. The van der Waals surface area contributed by atoms with Crippen LogP contribution in [0.4, 0.5) is 8.78 Å². The van der Waals surface area contributed by atoms with Crippen LogP contribution < -0.4 is 4.74 Å². The second-order valence-electron chi connectivity index (χ2n) is 4.27. The largest absolute Gasteiger partial charge is 0.435 e. The van der Waals surface area contributed by atoms with Gasteiger partial charge in [0, 0.05) is 17.5 Å². The monoisotopic (exact) mass is 331 g/mol. The fourth-order valence-electron chi connectivity index (χ4n) is 1.77. The Labute approximate surface area is 129 Å². The molecule has 0 aliphatic heterocycles. The van der Waals surface area contributed by atoms with Crippen LogP contribution >= 0.6 is 22.9 Å². The van der Waals surface area contributed by atoms with E-state index < -0.39 is 6.61 Å². The lowest BCUT2D eigenvalue weighted by Crippen LogP contribution is -2.25. The van der Waals surface area contributed by atoms with Gasteiger partial charge < -0.3 is 9.64 Å². The van der Waals surface area contributed by atoms with Crippen molar-refractivity contribution >= 4 is 28.8 Å². The summed E-state index contributed by atoms with van der Waals surface area (Å²) in [7, 11) is 1.64. The zero-order valence-corrected chi connectivity index (χ0v) is 12.6. The van der Waals surface area contributed by atoms with Crippen LogP contribution in [-0.2, 0) is 6.54 Å². The zero-order chi connectivity index (χ0) is 15.4. The van der Waals surface area contributed by atoms with Gasteiger partial charge in [-0.3, -0.25) is 4.79 Å². The average molecular weight is 332 g/mol. The summed E-state index contributed by atoms with van der Waals surface area (Å²) in [5, 5.41) is 0. The molecule has 0 N–H and O–H groups in total. The maximum Gasteiger partial charge on any atom is 0.387 e. The van der Waals surface area contributed by atoms with Crippen molar-refractivity contribution in [3.8, 4) is 5.75 Å². The topological polar surface area (TPSA) is 29.5 Å². The number of carbonyl (C=O) groups excluding carboxylic acids is 1. The van der Waals surface area contributed by atoms with Crippen LogP contribution in [0.25, 0.3) is 0 Å². The van der Waals surface area contributed by atoms with Gasteiger partial charge in [-0.2, -0.15) is 8.78 Å². The van der Waals surface area contributed by atoms with Gasteiger partial charge in [0.25, 0.3) is 5.91 Å². The Balaban J connectivity index is 2.08. The van der Waals surface area contributed by atoms with Gasteiger partial charge in [0.1, 0.15) is 5.75 Å². The first-order chi connectivity index (χ1) is 9.95. The van der Waals surface area contributed by atoms with Crippen LogP contribution in [0.1, 0.15) is 15.2 Å². The molecule has 0 aliphatic carbocycles. The van der Waals surface area contributed by atoms with Crippen molar-refractivity contribution in [1.29, 1.82) is 0 Å². The maximum atomic E-state index is 12.2. The van der Waals surface area contributed by atoms with Crippen LogP contribution in [0, 0.1) is 0 Å². The molecule has 21 heavy (non-hydrogen) atoms. The summed E-state index contributed by atoms with van der Waals surface area (Å²) in [4.78, 5) is 14.7. The SMILES string of the molecule is CN(Cc1ccc(Cl)s1)C(=O)c1cccc(OC(F)F)c1. The predicted molar refractivity (Wildman–Crippen MR) is 78.2 cm³/mol. The number of hydrogen-bond acceptors (Lipinski definition) is 3. The number of ether oxygens (including phenoxy) is 1. The molecular formula is C14H12ClF2NO2S. The van der Waals surface area contributed by atoms with Gasteiger partial charge in [-0.1, -0.05) is 17.7 Å². The molecule has 0 saturated heterocycles. The van der Waals surface area contributed by atoms with Gasteiger partial charge in [0.15, 0.2) is 0 Å². The number of alkyl halides is 2. The molecule has 1 heterocycles. The van der Waals surface area contributed by atoms with Gasteiger partial charge in [-0.15, -0.1) is 11.3 Å². The lowest BCUT2D eigenvalue weighted by molar-refractivity contribution is -0.0499. The number of thiophene rings is 1. The summed E-state index contributed by atoms with van der Waals surface area (Å²) in [5.74, 6) is -0.317. The molecule has 0 aliphatic rings. The van der Waals surface area contributed by atoms with Crippen LogP contribution in [0.5, 0.6) is 5.75 Å². The molecule has 0 bridgehead atoms. The highest BCUT2D eigenvalue weighted by molar-refractivity contribution is 7.16. The standard InChI is InChI=1S/C14H12ClF2NO2S/c1-18(8-11-5-6-12(15)21-11)13(19)9-3-2-4-10(7-9)20-14(16)17/h2-7,14H,8H2,1H3. The average Bonchev–Trinajstić information content (AvgIpc) is 2.82. The first kappa shape index (κ1) is 15.7. The molecule has 7 heteroatoms. The molecule has 0 radical (unpaired) electrons. The molecule has 2 aromatic rings. The number of hydrogen-bond donors (Lipinski definition) is 0. The first-order valence-electron chi connectivity index (χ1n) is 6.00. The Morgan fingerprint density at radius 2 is 2.14 bits per heavy atom. The van der Waals surface area contributed by atoms with Crippen molar-refractivity contribution in [2.24, 2.45) is 0 Å². The van der Waals surface area contributed by atoms with Crippen molar-refractivity contribution in [3.05, 3.63) is 51.2 Å². The molecule has 2 rings (SSSR count). The molecule has 0 spiro atoms. The zero-order valence-electron chi connectivity index (χ0n) is 11.1. The summed E-state index contributed by atoms with van der Waals surface area (Å²) in [5.41, 5.74) is 0.290.